The highest BCUT2D eigenvalue weighted by Crippen LogP contribution is 2.38. The van der Waals surface area contributed by atoms with E-state index in [1.807, 2.05) is 0 Å². The summed E-state index contributed by atoms with van der Waals surface area (Å²) < 4.78 is 38.5. The molecule has 1 N–H and O–H groups in total. The molecule has 120 valence electrons. The molecule has 0 aliphatic carbocycles. The van der Waals surface area contributed by atoms with Crippen molar-refractivity contribution in [3.8, 4) is 5.75 Å². The molecule has 1 atom stereocenters. The monoisotopic (exact) mass is 379 g/mol. The quantitative estimate of drug-likeness (QED) is 0.815. The Bertz CT molecular complexity index is 630. The molecule has 1 aliphatic heterocycles. The molecule has 1 aromatic rings. The minimum atomic E-state index is -4.99. The van der Waals surface area contributed by atoms with E-state index in [1.165, 1.54) is 19.1 Å². The number of ketones is 1. The average molecular weight is 380 g/mol. The SMILES string of the molecule is CC(=O)C1CN(C(=O)C(F)(F)F)CCc2c(O)ccc(Br)c21. The van der Waals surface area contributed by atoms with Crippen molar-refractivity contribution in [2.45, 2.75) is 25.4 Å². The molecule has 0 aromatic heterocycles. The topological polar surface area (TPSA) is 57.6 Å². The van der Waals surface area contributed by atoms with Crippen LogP contribution in [0.15, 0.2) is 16.6 Å². The molecule has 0 saturated heterocycles. The molecule has 0 bridgehead atoms. The second-order valence-electron chi connectivity index (χ2n) is 5.12. The summed E-state index contributed by atoms with van der Waals surface area (Å²) in [6, 6.07) is 2.94. The van der Waals surface area contributed by atoms with Gasteiger partial charge in [-0.05, 0) is 31.0 Å². The Labute approximate surface area is 133 Å². The lowest BCUT2D eigenvalue weighted by molar-refractivity contribution is -0.185. The van der Waals surface area contributed by atoms with Crippen LogP contribution in [0.2, 0.25) is 0 Å². The molecule has 1 unspecified atom stereocenters. The van der Waals surface area contributed by atoms with Gasteiger partial charge in [0.05, 0.1) is 5.92 Å². The number of phenolic OH excluding ortho intramolecular Hbond substituents is 1. The van der Waals surface area contributed by atoms with E-state index in [0.717, 1.165) is 0 Å². The summed E-state index contributed by atoms with van der Waals surface area (Å²) in [5.74, 6) is -3.34. The minimum absolute atomic E-state index is 0.0478. The number of carbonyl (C=O) groups is 2. The summed E-state index contributed by atoms with van der Waals surface area (Å²) in [6.45, 7) is 0.689. The molecule has 0 spiro atoms. The smallest absolute Gasteiger partial charge is 0.471 e. The van der Waals surface area contributed by atoms with Crippen molar-refractivity contribution in [1.29, 1.82) is 0 Å². The van der Waals surface area contributed by atoms with E-state index in [4.69, 9.17) is 0 Å². The largest absolute Gasteiger partial charge is 0.508 e. The van der Waals surface area contributed by atoms with Crippen LogP contribution in [0.3, 0.4) is 0 Å². The Hall–Kier alpha value is -1.57. The number of Topliss-reactive ketones (excluding diaryl/α,β-unsaturated/α-hetero) is 1. The Balaban J connectivity index is 2.48. The summed E-state index contributed by atoms with van der Waals surface area (Å²) >= 11 is 3.27. The van der Waals surface area contributed by atoms with Crippen LogP contribution in [0.1, 0.15) is 24.0 Å². The highest BCUT2D eigenvalue weighted by atomic mass is 79.9. The van der Waals surface area contributed by atoms with Crippen LogP contribution in [0.5, 0.6) is 5.75 Å². The fraction of sp³-hybridized carbons (Fsp3) is 0.429. The molecule has 0 saturated carbocycles. The fourth-order valence-electron chi connectivity index (χ4n) is 2.61. The predicted octanol–water partition coefficient (Wildman–Crippen LogP) is 2.77. The third kappa shape index (κ3) is 3.11. The second-order valence-corrected chi connectivity index (χ2v) is 5.98. The lowest BCUT2D eigenvalue weighted by Crippen LogP contribution is -2.43. The van der Waals surface area contributed by atoms with Gasteiger partial charge in [0.2, 0.25) is 0 Å². The zero-order valence-corrected chi connectivity index (χ0v) is 13.2. The molecule has 1 aromatic carbocycles. The number of hydrogen-bond donors (Lipinski definition) is 1. The predicted molar refractivity (Wildman–Crippen MR) is 75.6 cm³/mol. The van der Waals surface area contributed by atoms with E-state index in [-0.39, 0.29) is 31.0 Å². The van der Waals surface area contributed by atoms with Gasteiger partial charge in [-0.1, -0.05) is 15.9 Å². The number of carbonyl (C=O) groups excluding carboxylic acids is 2. The molecule has 2 rings (SSSR count). The lowest BCUT2D eigenvalue weighted by Gasteiger charge is -2.24. The lowest BCUT2D eigenvalue weighted by atomic mass is 9.90. The number of amides is 1. The number of fused-ring (bicyclic) bond motifs is 1. The third-order valence-electron chi connectivity index (χ3n) is 3.68. The number of phenols is 1. The van der Waals surface area contributed by atoms with Crippen molar-refractivity contribution >= 4 is 27.6 Å². The van der Waals surface area contributed by atoms with Crippen LogP contribution >= 0.6 is 15.9 Å². The van der Waals surface area contributed by atoms with Gasteiger partial charge in [0.15, 0.2) is 0 Å². The number of halogens is 4. The highest BCUT2D eigenvalue weighted by Gasteiger charge is 2.44. The summed E-state index contributed by atoms with van der Waals surface area (Å²) in [6.07, 6.45) is -4.94. The number of alkyl halides is 3. The molecule has 8 heteroatoms. The van der Waals surface area contributed by atoms with Gasteiger partial charge in [0.1, 0.15) is 11.5 Å². The number of hydrogen-bond acceptors (Lipinski definition) is 3. The van der Waals surface area contributed by atoms with Gasteiger partial charge in [-0.15, -0.1) is 0 Å². The molecule has 1 heterocycles. The van der Waals surface area contributed by atoms with Crippen molar-refractivity contribution < 1.29 is 27.9 Å². The summed E-state index contributed by atoms with van der Waals surface area (Å²) in [4.78, 5) is 24.0. The van der Waals surface area contributed by atoms with Crippen molar-refractivity contribution in [3.05, 3.63) is 27.7 Å². The van der Waals surface area contributed by atoms with Crippen LogP contribution in [-0.4, -0.2) is 41.0 Å². The maximum atomic E-state index is 12.6. The summed E-state index contributed by atoms with van der Waals surface area (Å²) in [5, 5.41) is 9.93. The van der Waals surface area contributed by atoms with E-state index in [9.17, 15) is 27.9 Å². The number of nitrogens with zero attached hydrogens (tertiary/aromatic N) is 1. The average Bonchev–Trinajstić information content (AvgIpc) is 2.61. The first-order valence-corrected chi connectivity index (χ1v) is 7.29. The first kappa shape index (κ1) is 16.8. The zero-order chi connectivity index (χ0) is 16.7. The number of rotatable bonds is 1. The van der Waals surface area contributed by atoms with E-state index >= 15 is 0 Å². The third-order valence-corrected chi connectivity index (χ3v) is 4.37. The molecule has 4 nitrogen and oxygen atoms in total. The molecule has 1 amide bonds. The van der Waals surface area contributed by atoms with Crippen LogP contribution < -0.4 is 0 Å². The molecule has 0 fully saturated rings. The summed E-state index contributed by atoms with van der Waals surface area (Å²) in [7, 11) is 0. The normalized spacial score (nSPS) is 18.6. The van der Waals surface area contributed by atoms with Crippen molar-refractivity contribution in [2.24, 2.45) is 0 Å². The maximum absolute atomic E-state index is 12.6. The molecule has 22 heavy (non-hydrogen) atoms. The number of aromatic hydroxyl groups is 1. The Morgan fingerprint density at radius 1 is 1.36 bits per heavy atom. The first-order valence-electron chi connectivity index (χ1n) is 6.49. The van der Waals surface area contributed by atoms with E-state index < -0.39 is 18.0 Å². The van der Waals surface area contributed by atoms with Crippen molar-refractivity contribution in [2.75, 3.05) is 13.1 Å². The summed E-state index contributed by atoms with van der Waals surface area (Å²) in [5.41, 5.74) is 0.844. The van der Waals surface area contributed by atoms with E-state index in [1.54, 1.807) is 0 Å². The van der Waals surface area contributed by atoms with Crippen LogP contribution in [-0.2, 0) is 16.0 Å². The van der Waals surface area contributed by atoms with Gasteiger partial charge in [-0.25, -0.2) is 0 Å². The Morgan fingerprint density at radius 2 is 2.00 bits per heavy atom. The van der Waals surface area contributed by atoms with E-state index in [0.29, 0.717) is 20.5 Å². The maximum Gasteiger partial charge on any atom is 0.471 e. The van der Waals surface area contributed by atoms with Crippen LogP contribution in [0, 0.1) is 0 Å². The minimum Gasteiger partial charge on any atom is -0.508 e. The van der Waals surface area contributed by atoms with Gasteiger partial charge < -0.3 is 10.0 Å². The van der Waals surface area contributed by atoms with Crippen LogP contribution in [0.4, 0.5) is 13.2 Å². The van der Waals surface area contributed by atoms with E-state index in [2.05, 4.69) is 15.9 Å². The number of benzene rings is 1. The standard InChI is InChI=1S/C14H13BrF3NO3/c1-7(20)9-6-19(13(22)14(16,17)18)5-4-8-11(21)3-2-10(15)12(8)9/h2-3,9,21H,4-6H2,1H3. The first-order chi connectivity index (χ1) is 10.1. The second kappa shape index (κ2) is 5.91. The molecular formula is C14H13BrF3NO3. The molecule has 0 radical (unpaired) electrons. The van der Waals surface area contributed by atoms with Gasteiger partial charge in [0, 0.05) is 23.1 Å². The van der Waals surface area contributed by atoms with Crippen LogP contribution in [0.25, 0.3) is 0 Å². The Kier molecular flexibility index (Phi) is 4.51. The Morgan fingerprint density at radius 3 is 2.55 bits per heavy atom. The molecular weight excluding hydrogens is 367 g/mol. The molecule has 1 aliphatic rings. The van der Waals surface area contributed by atoms with Crippen molar-refractivity contribution in [1.82, 2.24) is 4.90 Å². The van der Waals surface area contributed by atoms with Gasteiger partial charge in [-0.3, -0.25) is 9.59 Å². The fourth-order valence-corrected chi connectivity index (χ4v) is 3.26. The highest BCUT2D eigenvalue weighted by molar-refractivity contribution is 9.10. The zero-order valence-electron chi connectivity index (χ0n) is 11.6. The van der Waals surface area contributed by atoms with Crippen molar-refractivity contribution in [3.63, 3.8) is 0 Å². The van der Waals surface area contributed by atoms with Gasteiger partial charge in [0.25, 0.3) is 0 Å². The van der Waals surface area contributed by atoms with Gasteiger partial charge >= 0.3 is 12.1 Å². The van der Waals surface area contributed by atoms with Gasteiger partial charge in [-0.2, -0.15) is 13.2 Å².